The third-order valence-corrected chi connectivity index (χ3v) is 3.76. The molecule has 0 radical (unpaired) electrons. The van der Waals surface area contributed by atoms with E-state index >= 15 is 4.39 Å². The summed E-state index contributed by atoms with van der Waals surface area (Å²) in [6.07, 6.45) is -2.86. The molecule has 0 aromatic rings. The number of carbonyl (C=O) groups is 3. The topological polar surface area (TPSA) is 82.1 Å². The largest absolute Gasteiger partial charge is 0.467 e. The van der Waals surface area contributed by atoms with E-state index in [9.17, 15) is 14.4 Å². The third-order valence-electron chi connectivity index (χ3n) is 3.76. The summed E-state index contributed by atoms with van der Waals surface area (Å²) in [5, 5.41) is 0. The van der Waals surface area contributed by atoms with Crippen LogP contribution in [0.4, 0.5) is 14.0 Å². The van der Waals surface area contributed by atoms with Crippen molar-refractivity contribution in [1.82, 2.24) is 4.90 Å². The molecular formula is C18H28FNO6. The van der Waals surface area contributed by atoms with Gasteiger partial charge >= 0.3 is 18.2 Å². The molecule has 0 heterocycles. The first-order chi connectivity index (χ1) is 11.5. The number of hydrogen-bond acceptors (Lipinski definition) is 6. The number of halogens is 1. The van der Waals surface area contributed by atoms with Crippen LogP contribution in [-0.4, -0.2) is 52.6 Å². The first-order valence-corrected chi connectivity index (χ1v) is 8.21. The normalized spacial score (nSPS) is 25.1. The van der Waals surface area contributed by atoms with E-state index in [0.717, 1.165) is 7.11 Å². The molecule has 0 aromatic heterocycles. The molecular weight excluding hydrogens is 345 g/mol. The van der Waals surface area contributed by atoms with Gasteiger partial charge in [-0.05, 0) is 54.0 Å². The van der Waals surface area contributed by atoms with E-state index in [2.05, 4.69) is 11.3 Å². The summed E-state index contributed by atoms with van der Waals surface area (Å²) < 4.78 is 30.5. The standard InChI is InChI=1S/C18H28FNO6/c1-11(2)17(19)10-18(17,12(21)24-9)20(13(22)25-15(3,4)5)14(23)26-16(6,7)8/h1,10H2,2-9H3/t17-,18-/m1/s1. The Kier molecular flexibility index (Phi) is 5.53. The van der Waals surface area contributed by atoms with Crippen molar-refractivity contribution in [3.05, 3.63) is 12.2 Å². The summed E-state index contributed by atoms with van der Waals surface area (Å²) in [4.78, 5) is 38.2. The molecule has 0 saturated heterocycles. The second-order valence-electron chi connectivity index (χ2n) is 8.41. The highest BCUT2D eigenvalue weighted by Gasteiger charge is 2.81. The highest BCUT2D eigenvalue weighted by molar-refractivity contribution is 6.01. The fourth-order valence-electron chi connectivity index (χ4n) is 2.56. The number of hydrogen-bond donors (Lipinski definition) is 0. The van der Waals surface area contributed by atoms with Gasteiger partial charge in [-0.15, -0.1) is 0 Å². The fourth-order valence-corrected chi connectivity index (χ4v) is 2.56. The summed E-state index contributed by atoms with van der Waals surface area (Å²) >= 11 is 0. The summed E-state index contributed by atoms with van der Waals surface area (Å²) in [5.41, 5.74) is -6.51. The van der Waals surface area contributed by atoms with Crippen LogP contribution in [0.2, 0.25) is 0 Å². The van der Waals surface area contributed by atoms with Gasteiger partial charge in [-0.2, -0.15) is 4.90 Å². The van der Waals surface area contributed by atoms with E-state index in [1.54, 1.807) is 41.5 Å². The number of imide groups is 1. The van der Waals surface area contributed by atoms with Crippen molar-refractivity contribution in [3.63, 3.8) is 0 Å². The van der Waals surface area contributed by atoms with Gasteiger partial charge in [-0.3, -0.25) is 0 Å². The predicted molar refractivity (Wildman–Crippen MR) is 92.3 cm³/mol. The van der Waals surface area contributed by atoms with Crippen molar-refractivity contribution in [2.45, 2.75) is 77.3 Å². The maximum absolute atomic E-state index is 15.4. The predicted octanol–water partition coefficient (Wildman–Crippen LogP) is 3.76. The molecule has 26 heavy (non-hydrogen) atoms. The molecule has 1 fully saturated rings. The Morgan fingerprint density at radius 2 is 1.38 bits per heavy atom. The van der Waals surface area contributed by atoms with Gasteiger partial charge in [0.05, 0.1) is 7.11 Å². The van der Waals surface area contributed by atoms with Crippen LogP contribution in [0, 0.1) is 0 Å². The molecule has 1 aliphatic carbocycles. The van der Waals surface area contributed by atoms with Crippen molar-refractivity contribution in [1.29, 1.82) is 0 Å². The number of methoxy groups -OCH3 is 1. The van der Waals surface area contributed by atoms with Crippen LogP contribution in [0.25, 0.3) is 0 Å². The minimum atomic E-state index is -2.33. The van der Waals surface area contributed by atoms with Gasteiger partial charge in [0, 0.05) is 6.42 Å². The summed E-state index contributed by atoms with van der Waals surface area (Å²) in [6, 6.07) is 0. The lowest BCUT2D eigenvalue weighted by molar-refractivity contribution is -0.150. The summed E-state index contributed by atoms with van der Waals surface area (Å²) in [7, 11) is 1.05. The van der Waals surface area contributed by atoms with Crippen molar-refractivity contribution >= 4 is 18.2 Å². The summed E-state index contributed by atoms with van der Waals surface area (Å²) in [6.45, 7) is 14.4. The quantitative estimate of drug-likeness (QED) is 0.426. The molecule has 0 unspecified atom stereocenters. The molecule has 0 spiro atoms. The highest BCUT2D eigenvalue weighted by Crippen LogP contribution is 2.60. The van der Waals surface area contributed by atoms with Crippen molar-refractivity contribution in [2.24, 2.45) is 0 Å². The Labute approximate surface area is 153 Å². The Bertz CT molecular complexity index is 605. The van der Waals surface area contributed by atoms with E-state index in [-0.39, 0.29) is 5.57 Å². The van der Waals surface area contributed by atoms with Crippen LogP contribution >= 0.6 is 0 Å². The zero-order valence-corrected chi connectivity index (χ0v) is 16.7. The molecule has 1 aliphatic rings. The first kappa shape index (κ1) is 21.9. The van der Waals surface area contributed by atoms with Crippen LogP contribution in [0.3, 0.4) is 0 Å². The molecule has 148 valence electrons. The average Bonchev–Trinajstić information content (AvgIpc) is 3.02. The van der Waals surface area contributed by atoms with Crippen LogP contribution in [-0.2, 0) is 19.0 Å². The molecule has 0 aromatic carbocycles. The van der Waals surface area contributed by atoms with Crippen LogP contribution in [0.1, 0.15) is 54.9 Å². The Balaban J connectivity index is 3.47. The van der Waals surface area contributed by atoms with Gasteiger partial charge in [0.2, 0.25) is 0 Å². The maximum atomic E-state index is 15.4. The van der Waals surface area contributed by atoms with E-state index in [1.807, 2.05) is 0 Å². The minimum Gasteiger partial charge on any atom is -0.467 e. The molecule has 0 N–H and O–H groups in total. The molecule has 1 rings (SSSR count). The second kappa shape index (κ2) is 6.55. The average molecular weight is 373 g/mol. The Hall–Kier alpha value is -2.12. The van der Waals surface area contributed by atoms with Gasteiger partial charge in [0.1, 0.15) is 11.2 Å². The van der Waals surface area contributed by atoms with Crippen molar-refractivity contribution < 1.29 is 33.0 Å². The Morgan fingerprint density at radius 3 is 1.62 bits per heavy atom. The molecule has 0 bridgehead atoms. The molecule has 8 heteroatoms. The van der Waals surface area contributed by atoms with Crippen LogP contribution in [0.15, 0.2) is 12.2 Å². The molecule has 2 amide bonds. The molecule has 1 saturated carbocycles. The number of esters is 1. The third kappa shape index (κ3) is 3.99. The number of ether oxygens (including phenoxy) is 3. The van der Waals surface area contributed by atoms with E-state index < -0.39 is 47.0 Å². The van der Waals surface area contributed by atoms with Gasteiger partial charge < -0.3 is 14.2 Å². The van der Waals surface area contributed by atoms with Crippen molar-refractivity contribution in [3.8, 4) is 0 Å². The Morgan fingerprint density at radius 1 is 1.00 bits per heavy atom. The minimum absolute atomic E-state index is 0.0139. The second-order valence-corrected chi connectivity index (χ2v) is 8.41. The van der Waals surface area contributed by atoms with Gasteiger partial charge in [-0.1, -0.05) is 6.58 Å². The smallest absolute Gasteiger partial charge is 0.421 e. The molecule has 2 atom stereocenters. The first-order valence-electron chi connectivity index (χ1n) is 8.21. The van der Waals surface area contributed by atoms with Gasteiger partial charge in [-0.25, -0.2) is 18.8 Å². The fraction of sp³-hybridized carbons (Fsp3) is 0.722. The maximum Gasteiger partial charge on any atom is 0.421 e. The van der Waals surface area contributed by atoms with Gasteiger partial charge in [0.15, 0.2) is 11.2 Å². The van der Waals surface area contributed by atoms with Crippen LogP contribution < -0.4 is 0 Å². The lowest BCUT2D eigenvalue weighted by Crippen LogP contribution is -2.57. The SMILES string of the molecule is C=C(C)[C@]1(F)C[C@]1(C(=O)OC)N(C(=O)OC(C)(C)C)C(=O)OC(C)(C)C. The zero-order chi connectivity index (χ0) is 20.7. The number of carbonyl (C=O) groups excluding carboxylic acids is 3. The number of rotatable bonds is 3. The monoisotopic (exact) mass is 373 g/mol. The number of nitrogens with zero attached hydrogens (tertiary/aromatic N) is 1. The van der Waals surface area contributed by atoms with Crippen LogP contribution in [0.5, 0.6) is 0 Å². The lowest BCUT2D eigenvalue weighted by Gasteiger charge is -2.33. The van der Waals surface area contributed by atoms with Gasteiger partial charge in [0.25, 0.3) is 0 Å². The summed E-state index contributed by atoms with van der Waals surface area (Å²) in [5.74, 6) is -1.08. The molecule has 7 nitrogen and oxygen atoms in total. The van der Waals surface area contributed by atoms with E-state index in [1.165, 1.54) is 6.92 Å². The van der Waals surface area contributed by atoms with Crippen molar-refractivity contribution in [2.75, 3.05) is 7.11 Å². The number of amides is 2. The molecule has 0 aliphatic heterocycles. The highest BCUT2D eigenvalue weighted by atomic mass is 19.1. The van der Waals surface area contributed by atoms with E-state index in [0.29, 0.717) is 4.90 Å². The lowest BCUT2D eigenvalue weighted by atomic mass is 10.1. The van der Waals surface area contributed by atoms with E-state index in [4.69, 9.17) is 9.47 Å². The number of alkyl halides is 1. The zero-order valence-electron chi connectivity index (χ0n) is 16.7.